The second-order valence-corrected chi connectivity index (χ2v) is 6.35. The molecule has 1 aromatic heterocycles. The van der Waals surface area contributed by atoms with Crippen molar-refractivity contribution in [2.75, 3.05) is 13.1 Å². The first-order valence-corrected chi connectivity index (χ1v) is 7.97. The highest BCUT2D eigenvalue weighted by Gasteiger charge is 2.34. The SMILES string of the molecule is Cc1cccc(-n2cc(C(=O)N3CCC(C(=O)O)C(C)C3)nn2)c1. The largest absolute Gasteiger partial charge is 0.481 e. The Kier molecular flexibility index (Phi) is 4.33. The zero-order valence-corrected chi connectivity index (χ0v) is 13.7. The van der Waals surface area contributed by atoms with E-state index in [9.17, 15) is 14.7 Å². The van der Waals surface area contributed by atoms with Gasteiger partial charge in [-0.05, 0) is 37.0 Å². The van der Waals surface area contributed by atoms with Crippen LogP contribution in [-0.4, -0.2) is 50.0 Å². The molecule has 7 nitrogen and oxygen atoms in total. The Balaban J connectivity index is 1.74. The van der Waals surface area contributed by atoms with Gasteiger partial charge in [-0.1, -0.05) is 24.3 Å². The van der Waals surface area contributed by atoms with Crippen LogP contribution in [0.15, 0.2) is 30.5 Å². The van der Waals surface area contributed by atoms with Crippen molar-refractivity contribution >= 4 is 11.9 Å². The molecule has 0 radical (unpaired) electrons. The average molecular weight is 328 g/mol. The van der Waals surface area contributed by atoms with E-state index in [1.165, 1.54) is 0 Å². The summed E-state index contributed by atoms with van der Waals surface area (Å²) in [6, 6.07) is 7.77. The van der Waals surface area contributed by atoms with Gasteiger partial charge in [0.05, 0.1) is 17.8 Å². The standard InChI is InChI=1S/C17H20N4O3/c1-11-4-3-5-13(8-11)21-10-15(18-19-21)16(22)20-7-6-14(17(23)24)12(2)9-20/h3-5,8,10,12,14H,6-7,9H2,1-2H3,(H,23,24). The molecule has 1 amide bonds. The second-order valence-electron chi connectivity index (χ2n) is 6.35. The number of aryl methyl sites for hydroxylation is 1. The molecule has 2 aromatic rings. The van der Waals surface area contributed by atoms with E-state index in [4.69, 9.17) is 0 Å². The van der Waals surface area contributed by atoms with Gasteiger partial charge in [-0.15, -0.1) is 5.10 Å². The fourth-order valence-corrected chi connectivity index (χ4v) is 3.12. The summed E-state index contributed by atoms with van der Waals surface area (Å²) >= 11 is 0. The first-order chi connectivity index (χ1) is 11.5. The van der Waals surface area contributed by atoms with Crippen molar-refractivity contribution in [1.82, 2.24) is 19.9 Å². The maximum absolute atomic E-state index is 12.6. The molecule has 0 saturated carbocycles. The third kappa shape index (κ3) is 3.15. The number of piperidine rings is 1. The van der Waals surface area contributed by atoms with Crippen molar-refractivity contribution in [2.45, 2.75) is 20.3 Å². The number of rotatable bonds is 3. The maximum atomic E-state index is 12.6. The van der Waals surface area contributed by atoms with Gasteiger partial charge in [-0.25, -0.2) is 4.68 Å². The normalized spacial score (nSPS) is 20.8. The summed E-state index contributed by atoms with van der Waals surface area (Å²) in [6.07, 6.45) is 2.08. The highest BCUT2D eigenvalue weighted by molar-refractivity contribution is 5.92. The molecule has 24 heavy (non-hydrogen) atoms. The first kappa shape index (κ1) is 16.2. The minimum Gasteiger partial charge on any atom is -0.481 e. The molecule has 3 rings (SSSR count). The number of nitrogens with zero attached hydrogens (tertiary/aromatic N) is 4. The van der Waals surface area contributed by atoms with Crippen LogP contribution in [0.1, 0.15) is 29.4 Å². The number of amides is 1. The number of hydrogen-bond donors (Lipinski definition) is 1. The van der Waals surface area contributed by atoms with Crippen LogP contribution in [0.4, 0.5) is 0 Å². The summed E-state index contributed by atoms with van der Waals surface area (Å²) in [6.45, 7) is 4.70. The molecule has 2 unspecified atom stereocenters. The van der Waals surface area contributed by atoms with Crippen LogP contribution in [-0.2, 0) is 4.79 Å². The molecule has 1 N–H and O–H groups in total. The van der Waals surface area contributed by atoms with E-state index in [-0.39, 0.29) is 17.5 Å². The number of aromatic nitrogens is 3. The van der Waals surface area contributed by atoms with Crippen molar-refractivity contribution in [1.29, 1.82) is 0 Å². The van der Waals surface area contributed by atoms with Gasteiger partial charge in [0.25, 0.3) is 5.91 Å². The summed E-state index contributed by atoms with van der Waals surface area (Å²) in [5.74, 6) is -1.46. The van der Waals surface area contributed by atoms with Crippen molar-refractivity contribution in [3.05, 3.63) is 41.7 Å². The van der Waals surface area contributed by atoms with Crippen LogP contribution >= 0.6 is 0 Å². The van der Waals surface area contributed by atoms with Crippen LogP contribution < -0.4 is 0 Å². The highest BCUT2D eigenvalue weighted by atomic mass is 16.4. The second kappa shape index (κ2) is 6.43. The topological polar surface area (TPSA) is 88.3 Å². The number of carbonyl (C=O) groups is 2. The van der Waals surface area contributed by atoms with Gasteiger partial charge in [-0.3, -0.25) is 9.59 Å². The molecule has 1 aromatic carbocycles. The van der Waals surface area contributed by atoms with Crippen LogP contribution in [0.2, 0.25) is 0 Å². The molecule has 1 saturated heterocycles. The van der Waals surface area contributed by atoms with Crippen LogP contribution in [0, 0.1) is 18.8 Å². The number of likely N-dealkylation sites (tertiary alicyclic amines) is 1. The molecular formula is C17H20N4O3. The number of hydrogen-bond acceptors (Lipinski definition) is 4. The van der Waals surface area contributed by atoms with Crippen LogP contribution in [0.25, 0.3) is 5.69 Å². The molecule has 126 valence electrons. The van der Waals surface area contributed by atoms with E-state index < -0.39 is 11.9 Å². The van der Waals surface area contributed by atoms with Crippen LogP contribution in [0.5, 0.6) is 0 Å². The monoisotopic (exact) mass is 328 g/mol. The van der Waals surface area contributed by atoms with Crippen LogP contribution in [0.3, 0.4) is 0 Å². The summed E-state index contributed by atoms with van der Waals surface area (Å²) in [5.41, 5.74) is 2.22. The molecule has 7 heteroatoms. The smallest absolute Gasteiger partial charge is 0.306 e. The number of benzene rings is 1. The number of carboxylic acid groups (broad SMARTS) is 1. The molecule has 1 aliphatic rings. The van der Waals surface area contributed by atoms with E-state index >= 15 is 0 Å². The lowest BCUT2D eigenvalue weighted by Crippen LogP contribution is -2.45. The Hall–Kier alpha value is -2.70. The van der Waals surface area contributed by atoms with Gasteiger partial charge < -0.3 is 10.0 Å². The van der Waals surface area contributed by atoms with Gasteiger partial charge in [0, 0.05) is 13.1 Å². The number of aliphatic carboxylic acids is 1. The quantitative estimate of drug-likeness (QED) is 0.927. The van der Waals surface area contributed by atoms with E-state index in [0.29, 0.717) is 19.5 Å². The Labute approximate surface area is 139 Å². The van der Waals surface area contributed by atoms with E-state index in [2.05, 4.69) is 10.3 Å². The maximum Gasteiger partial charge on any atom is 0.306 e. The third-order valence-electron chi connectivity index (χ3n) is 4.49. The first-order valence-electron chi connectivity index (χ1n) is 7.97. The minimum absolute atomic E-state index is 0.0768. The Morgan fingerprint density at radius 3 is 2.79 bits per heavy atom. The summed E-state index contributed by atoms with van der Waals surface area (Å²) in [5, 5.41) is 17.2. The van der Waals surface area contributed by atoms with E-state index in [1.807, 2.05) is 38.1 Å². The van der Waals surface area contributed by atoms with Crippen molar-refractivity contribution in [2.24, 2.45) is 11.8 Å². The van der Waals surface area contributed by atoms with Gasteiger partial charge in [0.2, 0.25) is 0 Å². The van der Waals surface area contributed by atoms with Crippen molar-refractivity contribution in [3.8, 4) is 5.69 Å². The van der Waals surface area contributed by atoms with Gasteiger partial charge in [-0.2, -0.15) is 0 Å². The van der Waals surface area contributed by atoms with E-state index in [1.54, 1.807) is 15.8 Å². The zero-order chi connectivity index (χ0) is 17.3. The Morgan fingerprint density at radius 2 is 2.12 bits per heavy atom. The summed E-state index contributed by atoms with van der Waals surface area (Å²) in [4.78, 5) is 25.4. The molecule has 2 heterocycles. The average Bonchev–Trinajstić information content (AvgIpc) is 3.03. The molecular weight excluding hydrogens is 308 g/mol. The van der Waals surface area contributed by atoms with Gasteiger partial charge in [0.15, 0.2) is 5.69 Å². The summed E-state index contributed by atoms with van der Waals surface area (Å²) < 4.78 is 1.58. The fourth-order valence-electron chi connectivity index (χ4n) is 3.12. The lowest BCUT2D eigenvalue weighted by atomic mass is 9.87. The zero-order valence-electron chi connectivity index (χ0n) is 13.7. The Bertz CT molecular complexity index is 771. The van der Waals surface area contributed by atoms with Crippen molar-refractivity contribution in [3.63, 3.8) is 0 Å². The molecule has 0 aliphatic carbocycles. The summed E-state index contributed by atoms with van der Waals surface area (Å²) in [7, 11) is 0. The number of carboxylic acids is 1. The van der Waals surface area contributed by atoms with Gasteiger partial charge in [0.1, 0.15) is 0 Å². The van der Waals surface area contributed by atoms with Gasteiger partial charge >= 0.3 is 5.97 Å². The lowest BCUT2D eigenvalue weighted by molar-refractivity contribution is -0.145. The molecule has 0 bridgehead atoms. The minimum atomic E-state index is -0.792. The van der Waals surface area contributed by atoms with Crippen molar-refractivity contribution < 1.29 is 14.7 Å². The number of carbonyl (C=O) groups excluding carboxylic acids is 1. The fraction of sp³-hybridized carbons (Fsp3) is 0.412. The highest BCUT2D eigenvalue weighted by Crippen LogP contribution is 2.24. The lowest BCUT2D eigenvalue weighted by Gasteiger charge is -2.34. The molecule has 1 aliphatic heterocycles. The predicted molar refractivity (Wildman–Crippen MR) is 86.9 cm³/mol. The molecule has 0 spiro atoms. The Morgan fingerprint density at radius 1 is 1.33 bits per heavy atom. The molecule has 2 atom stereocenters. The predicted octanol–water partition coefficient (Wildman–Crippen LogP) is 1.76. The molecule has 1 fully saturated rings. The third-order valence-corrected chi connectivity index (χ3v) is 4.49. The van der Waals surface area contributed by atoms with E-state index in [0.717, 1.165) is 11.3 Å².